The van der Waals surface area contributed by atoms with E-state index in [1.54, 1.807) is 11.8 Å². The van der Waals surface area contributed by atoms with Crippen molar-refractivity contribution in [3.05, 3.63) is 0 Å². The van der Waals surface area contributed by atoms with Gasteiger partial charge in [0.1, 0.15) is 0 Å². The molecular formula is C4H9NS. The second kappa shape index (κ2) is 2.48. The van der Waals surface area contributed by atoms with Crippen LogP contribution in [0.2, 0.25) is 0 Å². The summed E-state index contributed by atoms with van der Waals surface area (Å²) in [6.07, 6.45) is 0.875. The van der Waals surface area contributed by atoms with Gasteiger partial charge in [0.15, 0.2) is 0 Å². The monoisotopic (exact) mass is 105 g/mol. The fourth-order valence-electron chi connectivity index (χ4n) is 0.365. The van der Waals surface area contributed by atoms with Crippen molar-refractivity contribution in [2.24, 2.45) is 0 Å². The van der Waals surface area contributed by atoms with Crippen molar-refractivity contribution >= 4 is 11.8 Å². The summed E-state index contributed by atoms with van der Waals surface area (Å²) in [6, 6.07) is 0. The van der Waals surface area contributed by atoms with E-state index < -0.39 is 0 Å². The van der Waals surface area contributed by atoms with E-state index in [0.717, 1.165) is 12.2 Å². The van der Waals surface area contributed by atoms with E-state index in [4.69, 9.17) is 2.74 Å². The third-order valence-electron chi connectivity index (χ3n) is 0.649. The van der Waals surface area contributed by atoms with Crippen molar-refractivity contribution in [2.45, 2.75) is 6.42 Å². The molecule has 0 amide bonds. The molecular weight excluding hydrogens is 94.1 g/mol. The molecule has 36 valence electrons. The van der Waals surface area contributed by atoms with Gasteiger partial charge in [-0.1, -0.05) is 0 Å². The van der Waals surface area contributed by atoms with Crippen molar-refractivity contribution < 1.29 is 2.74 Å². The molecule has 1 fully saturated rings. The fraction of sp³-hybridized carbons (Fsp3) is 1.00. The maximum Gasteiger partial charge on any atom is 0.0545 e. The van der Waals surface area contributed by atoms with E-state index in [1.807, 2.05) is 0 Å². The average molecular weight is 105 g/mol. The Labute approximate surface area is 45.3 Å². The van der Waals surface area contributed by atoms with E-state index in [1.165, 1.54) is 0 Å². The zero-order chi connectivity index (χ0) is 5.98. The molecule has 1 aliphatic rings. The summed E-state index contributed by atoms with van der Waals surface area (Å²) in [5, 5.41) is 2.78. The Balaban J connectivity index is 2.23. The summed E-state index contributed by atoms with van der Waals surface area (Å²) in [5.74, 6) is 0.696. The first-order valence-electron chi connectivity index (χ1n) is 3.16. The molecule has 0 bridgehead atoms. The van der Waals surface area contributed by atoms with Crippen LogP contribution in [-0.2, 0) is 0 Å². The Morgan fingerprint density at radius 1 is 1.83 bits per heavy atom. The molecule has 2 unspecified atom stereocenters. The summed E-state index contributed by atoms with van der Waals surface area (Å²) < 4.78 is 14.3. The third-order valence-corrected chi connectivity index (χ3v) is 1.42. The second-order valence-corrected chi connectivity index (χ2v) is 2.13. The smallest absolute Gasteiger partial charge is 0.0545 e. The van der Waals surface area contributed by atoms with Crippen molar-refractivity contribution in [3.63, 3.8) is 0 Å². The van der Waals surface area contributed by atoms with Crippen molar-refractivity contribution in [1.82, 2.24) is 5.32 Å². The third kappa shape index (κ3) is 1.19. The van der Waals surface area contributed by atoms with E-state index >= 15 is 0 Å². The van der Waals surface area contributed by atoms with Crippen molar-refractivity contribution in [3.8, 4) is 0 Å². The molecule has 0 aromatic rings. The minimum atomic E-state index is -0.258. The number of rotatable bonds is 0. The molecule has 1 N–H and O–H groups in total. The largest absolute Gasteiger partial charge is 0.308 e. The highest BCUT2D eigenvalue weighted by atomic mass is 32.2. The van der Waals surface area contributed by atoms with Gasteiger partial charge in [0.2, 0.25) is 0 Å². The summed E-state index contributed by atoms with van der Waals surface area (Å²) >= 11 is 1.56. The van der Waals surface area contributed by atoms with Gasteiger partial charge in [-0.15, -0.1) is 11.8 Å². The maximum atomic E-state index is 7.16. The highest BCUT2D eigenvalue weighted by Crippen LogP contribution is 2.02. The zero-order valence-corrected chi connectivity index (χ0v) is 4.29. The van der Waals surface area contributed by atoms with Crippen LogP contribution in [0.5, 0.6) is 0 Å². The minimum Gasteiger partial charge on any atom is -0.308 e. The van der Waals surface area contributed by atoms with E-state index in [0.29, 0.717) is 0 Å². The van der Waals surface area contributed by atoms with Crippen LogP contribution < -0.4 is 5.32 Å². The van der Waals surface area contributed by atoms with Crippen LogP contribution in [0.15, 0.2) is 0 Å². The summed E-state index contributed by atoms with van der Waals surface area (Å²) in [5.41, 5.74) is 0. The molecule has 1 saturated heterocycles. The molecule has 0 radical (unpaired) electrons. The number of nitrogens with one attached hydrogen (secondary N) is 1. The number of hydrogen-bond acceptors (Lipinski definition) is 2. The lowest BCUT2D eigenvalue weighted by Gasteiger charge is -2.08. The van der Waals surface area contributed by atoms with E-state index in [9.17, 15) is 0 Å². The van der Waals surface area contributed by atoms with Crippen molar-refractivity contribution in [2.75, 3.05) is 18.1 Å². The molecule has 1 rings (SSSR count). The van der Waals surface area contributed by atoms with Gasteiger partial charge in [-0.05, 0) is 18.7 Å². The average Bonchev–Trinajstić information content (AvgIpc) is 1.64. The molecule has 1 heterocycles. The molecule has 1 aliphatic heterocycles. The van der Waals surface area contributed by atoms with E-state index in [2.05, 4.69) is 5.32 Å². The molecule has 0 aromatic carbocycles. The lowest BCUT2D eigenvalue weighted by atomic mass is 10.5. The van der Waals surface area contributed by atoms with Crippen LogP contribution in [0.1, 0.15) is 9.16 Å². The molecule has 1 nitrogen and oxygen atoms in total. The SMILES string of the molecule is [2H]C1CCSC([2H])N1. The topological polar surface area (TPSA) is 12.0 Å². The summed E-state index contributed by atoms with van der Waals surface area (Å²) in [6.45, 7) is -0.196. The number of hydrogen-bond donors (Lipinski definition) is 1. The van der Waals surface area contributed by atoms with Gasteiger partial charge >= 0.3 is 0 Å². The second-order valence-electron chi connectivity index (χ2n) is 1.15. The lowest BCUT2D eigenvalue weighted by Crippen LogP contribution is -2.19. The van der Waals surface area contributed by atoms with Gasteiger partial charge in [0.25, 0.3) is 0 Å². The van der Waals surface area contributed by atoms with Gasteiger partial charge in [0.05, 0.1) is 1.37 Å². The number of thioether (sulfide) groups is 1. The van der Waals surface area contributed by atoms with Crippen LogP contribution >= 0.6 is 11.8 Å². The summed E-state index contributed by atoms with van der Waals surface area (Å²) in [4.78, 5) is 0. The molecule has 0 saturated carbocycles. The Hall–Kier alpha value is 0.310. The van der Waals surface area contributed by atoms with Gasteiger partial charge in [-0.2, -0.15) is 0 Å². The van der Waals surface area contributed by atoms with Gasteiger partial charge in [-0.3, -0.25) is 0 Å². The minimum absolute atomic E-state index is 0.196. The van der Waals surface area contributed by atoms with Crippen LogP contribution in [0.3, 0.4) is 0 Å². The highest BCUT2D eigenvalue weighted by molar-refractivity contribution is 7.99. The highest BCUT2D eigenvalue weighted by Gasteiger charge is 1.93. The maximum absolute atomic E-state index is 7.16. The zero-order valence-electron chi connectivity index (χ0n) is 5.48. The Bertz CT molecular complexity index is 72.4. The molecule has 0 aromatic heterocycles. The van der Waals surface area contributed by atoms with Gasteiger partial charge < -0.3 is 5.32 Å². The first-order valence-corrected chi connectivity index (χ1v) is 3.06. The molecule has 2 heteroatoms. The quantitative estimate of drug-likeness (QED) is 0.486. The van der Waals surface area contributed by atoms with Gasteiger partial charge in [0, 0.05) is 7.22 Å². The van der Waals surface area contributed by atoms with E-state index in [-0.39, 0.29) is 12.4 Å². The summed E-state index contributed by atoms with van der Waals surface area (Å²) in [7, 11) is 0. The van der Waals surface area contributed by atoms with Gasteiger partial charge in [-0.25, -0.2) is 0 Å². The predicted molar refractivity (Wildman–Crippen MR) is 29.9 cm³/mol. The van der Waals surface area contributed by atoms with Crippen LogP contribution in [-0.4, -0.2) is 18.1 Å². The Kier molecular flexibility index (Phi) is 1.06. The molecule has 0 aliphatic carbocycles. The first-order chi connectivity index (χ1) is 3.79. The Morgan fingerprint density at radius 2 is 2.83 bits per heavy atom. The molecule has 2 atom stereocenters. The molecule has 0 spiro atoms. The van der Waals surface area contributed by atoms with Crippen molar-refractivity contribution in [1.29, 1.82) is 0 Å². The van der Waals surface area contributed by atoms with Crippen LogP contribution in [0, 0.1) is 0 Å². The fourth-order valence-corrected chi connectivity index (χ4v) is 0.930. The first kappa shape index (κ1) is 2.58. The Morgan fingerprint density at radius 3 is 3.33 bits per heavy atom. The molecule has 6 heavy (non-hydrogen) atoms. The standard InChI is InChI=1S/C4H9NS/c1-2-5-4-6-3-1/h5H,1-4H2/i2D,4D. The lowest BCUT2D eigenvalue weighted by molar-refractivity contribution is 0.740. The van der Waals surface area contributed by atoms with Crippen LogP contribution in [0.25, 0.3) is 0 Å². The normalized spacial score (nSPS) is 53.3. The van der Waals surface area contributed by atoms with Crippen LogP contribution in [0.4, 0.5) is 0 Å². The predicted octanol–water partition coefficient (Wildman–Crippen LogP) is 0.670.